The van der Waals surface area contributed by atoms with Crippen LogP contribution in [0, 0.1) is 10.1 Å². The summed E-state index contributed by atoms with van der Waals surface area (Å²) in [5, 5.41) is 19.7. The number of hydrogen-bond acceptors (Lipinski definition) is 4. The van der Waals surface area contributed by atoms with Crippen molar-refractivity contribution in [2.24, 2.45) is 0 Å². The van der Waals surface area contributed by atoms with E-state index in [1.54, 1.807) is 0 Å². The van der Waals surface area contributed by atoms with E-state index < -0.39 is 15.7 Å². The number of hydrogen-bond donors (Lipinski definition) is 1. The van der Waals surface area contributed by atoms with Crippen molar-refractivity contribution in [1.29, 1.82) is 0 Å². The fourth-order valence-corrected chi connectivity index (χ4v) is 1.69. The topological polar surface area (TPSA) is 80.4 Å². The summed E-state index contributed by atoms with van der Waals surface area (Å²) >= 11 is 0. The van der Waals surface area contributed by atoms with Crippen LogP contribution in [0.2, 0.25) is 0 Å². The molecule has 6 heteroatoms. The molecule has 0 radical (unpaired) electrons. The van der Waals surface area contributed by atoms with Gasteiger partial charge in [-0.1, -0.05) is 0 Å². The summed E-state index contributed by atoms with van der Waals surface area (Å²) < 4.78 is 10.9. The highest BCUT2D eigenvalue weighted by molar-refractivity contribution is 7.83. The highest BCUT2D eigenvalue weighted by Crippen LogP contribution is 2.23. The number of aromatic hydroxyl groups is 1. The van der Waals surface area contributed by atoms with Crippen LogP contribution < -0.4 is 0 Å². The predicted octanol–water partition coefficient (Wildman–Crippen LogP) is 1.18. The van der Waals surface area contributed by atoms with Crippen LogP contribution >= 0.6 is 0 Å². The van der Waals surface area contributed by atoms with Gasteiger partial charge in [0.05, 0.1) is 10.7 Å². The summed E-state index contributed by atoms with van der Waals surface area (Å²) in [5.41, 5.74) is 0.225. The molecule has 0 amide bonds. The normalized spacial score (nSPS) is 12.4. The number of nitro benzene ring substituents is 1. The number of nitro groups is 1. The highest BCUT2D eigenvalue weighted by Gasteiger charge is 2.10. The number of rotatable bonds is 3. The quantitative estimate of drug-likeness (QED) is 0.606. The Morgan fingerprint density at radius 2 is 2.21 bits per heavy atom. The lowest BCUT2D eigenvalue weighted by atomic mass is 10.2. The molecule has 0 heterocycles. The van der Waals surface area contributed by atoms with Gasteiger partial charge in [0, 0.05) is 34.8 Å². The van der Waals surface area contributed by atoms with Crippen molar-refractivity contribution in [2.45, 2.75) is 5.75 Å². The van der Waals surface area contributed by atoms with E-state index in [0.29, 0.717) is 5.56 Å². The molecule has 5 nitrogen and oxygen atoms in total. The van der Waals surface area contributed by atoms with Crippen molar-refractivity contribution in [1.82, 2.24) is 0 Å². The zero-order valence-corrected chi connectivity index (χ0v) is 8.28. The number of phenolic OH excluding ortho intramolecular Hbond substituents is 1. The molecule has 0 fully saturated rings. The number of phenols is 1. The van der Waals surface area contributed by atoms with Crippen molar-refractivity contribution in [2.75, 3.05) is 6.26 Å². The highest BCUT2D eigenvalue weighted by atomic mass is 32.2. The summed E-state index contributed by atoms with van der Waals surface area (Å²) in [5.74, 6) is 0.0545. The Morgan fingerprint density at radius 3 is 2.71 bits per heavy atom. The Balaban J connectivity index is 3.08. The first-order valence-corrected chi connectivity index (χ1v) is 5.49. The fourth-order valence-electron chi connectivity index (χ4n) is 1.02. The van der Waals surface area contributed by atoms with E-state index in [0.717, 1.165) is 0 Å². The third kappa shape index (κ3) is 2.53. The maximum atomic E-state index is 10.9. The van der Waals surface area contributed by atoms with E-state index in [4.69, 9.17) is 0 Å². The minimum Gasteiger partial charge on any atom is -0.508 e. The van der Waals surface area contributed by atoms with Gasteiger partial charge in [0.2, 0.25) is 0 Å². The predicted molar refractivity (Wildman–Crippen MR) is 52.5 cm³/mol. The molecule has 0 saturated carbocycles. The van der Waals surface area contributed by atoms with Crippen LogP contribution in [0.25, 0.3) is 0 Å². The van der Waals surface area contributed by atoms with Gasteiger partial charge in [-0.25, -0.2) is 0 Å². The lowest BCUT2D eigenvalue weighted by Crippen LogP contribution is -1.95. The number of non-ortho nitro benzene ring substituents is 1. The average molecular weight is 215 g/mol. The molecule has 1 atom stereocenters. The Morgan fingerprint density at radius 1 is 1.57 bits per heavy atom. The zero-order valence-electron chi connectivity index (χ0n) is 7.47. The van der Waals surface area contributed by atoms with E-state index in [2.05, 4.69) is 0 Å². The van der Waals surface area contributed by atoms with Gasteiger partial charge in [0.1, 0.15) is 5.75 Å². The first kappa shape index (κ1) is 10.6. The lowest BCUT2D eigenvalue weighted by molar-refractivity contribution is -0.384. The van der Waals surface area contributed by atoms with Crippen LogP contribution in [0.15, 0.2) is 18.2 Å². The minimum atomic E-state index is -1.13. The second kappa shape index (κ2) is 4.19. The fraction of sp³-hybridized carbons (Fsp3) is 0.250. The van der Waals surface area contributed by atoms with Crippen LogP contribution in [0.3, 0.4) is 0 Å². The van der Waals surface area contributed by atoms with Crippen LogP contribution in [0.5, 0.6) is 5.75 Å². The van der Waals surface area contributed by atoms with Crippen molar-refractivity contribution in [3.8, 4) is 5.75 Å². The van der Waals surface area contributed by atoms with Gasteiger partial charge in [-0.3, -0.25) is 14.3 Å². The van der Waals surface area contributed by atoms with Crippen molar-refractivity contribution in [3.05, 3.63) is 33.9 Å². The zero-order chi connectivity index (χ0) is 10.7. The molecule has 0 aliphatic carbocycles. The molecule has 14 heavy (non-hydrogen) atoms. The van der Waals surface area contributed by atoms with Gasteiger partial charge < -0.3 is 5.11 Å². The van der Waals surface area contributed by atoms with E-state index in [1.165, 1.54) is 24.5 Å². The SMILES string of the molecule is CS(=O)Cc1cc([N+](=O)[O-])ccc1O. The summed E-state index contributed by atoms with van der Waals surface area (Å²) in [7, 11) is -1.13. The smallest absolute Gasteiger partial charge is 0.270 e. The standard InChI is InChI=1S/C8H9NO4S/c1-14(13)5-6-4-7(9(11)12)2-3-8(6)10/h2-4,10H,5H2,1H3. The van der Waals surface area contributed by atoms with Gasteiger partial charge in [0.15, 0.2) is 0 Å². The molecule has 0 saturated heterocycles. The minimum absolute atomic E-state index is 0.0641. The lowest BCUT2D eigenvalue weighted by Gasteiger charge is -2.01. The largest absolute Gasteiger partial charge is 0.508 e. The van der Waals surface area contributed by atoms with E-state index >= 15 is 0 Å². The van der Waals surface area contributed by atoms with Crippen LogP contribution in [-0.2, 0) is 16.6 Å². The second-order valence-electron chi connectivity index (χ2n) is 2.79. The molecule has 76 valence electrons. The average Bonchev–Trinajstić information content (AvgIpc) is 2.07. The third-order valence-corrected chi connectivity index (χ3v) is 2.35. The van der Waals surface area contributed by atoms with Crippen molar-refractivity contribution in [3.63, 3.8) is 0 Å². The maximum Gasteiger partial charge on any atom is 0.270 e. The molecular formula is C8H9NO4S. The molecule has 1 unspecified atom stereocenters. The Hall–Kier alpha value is -1.43. The van der Waals surface area contributed by atoms with E-state index in [1.807, 2.05) is 0 Å². The first-order chi connectivity index (χ1) is 6.50. The molecule has 0 bridgehead atoms. The molecule has 1 aromatic rings. The van der Waals surface area contributed by atoms with Gasteiger partial charge in [-0.05, 0) is 6.07 Å². The molecule has 0 spiro atoms. The first-order valence-electron chi connectivity index (χ1n) is 3.77. The van der Waals surface area contributed by atoms with Crippen LogP contribution in [0.1, 0.15) is 5.56 Å². The summed E-state index contributed by atoms with van der Waals surface area (Å²) in [6.07, 6.45) is 1.47. The maximum absolute atomic E-state index is 10.9. The molecule has 1 rings (SSSR count). The summed E-state index contributed by atoms with van der Waals surface area (Å²) in [6, 6.07) is 3.68. The Kier molecular flexibility index (Phi) is 3.19. The van der Waals surface area contributed by atoms with Crippen molar-refractivity contribution < 1.29 is 14.2 Å². The van der Waals surface area contributed by atoms with Gasteiger partial charge >= 0.3 is 0 Å². The Labute approximate surface area is 83.0 Å². The molecule has 1 aromatic carbocycles. The summed E-state index contributed by atoms with van der Waals surface area (Å²) in [6.45, 7) is 0. The third-order valence-electron chi connectivity index (χ3n) is 1.63. The monoisotopic (exact) mass is 215 g/mol. The number of nitrogens with zero attached hydrogens (tertiary/aromatic N) is 1. The van der Waals surface area contributed by atoms with E-state index in [9.17, 15) is 19.4 Å². The van der Waals surface area contributed by atoms with Crippen LogP contribution in [-0.4, -0.2) is 20.5 Å². The molecule has 0 aliphatic heterocycles. The molecule has 0 aliphatic rings. The Bertz CT molecular complexity index is 391. The van der Waals surface area contributed by atoms with Crippen LogP contribution in [0.4, 0.5) is 5.69 Å². The molecule has 0 aromatic heterocycles. The van der Waals surface area contributed by atoms with E-state index in [-0.39, 0.29) is 17.2 Å². The van der Waals surface area contributed by atoms with Gasteiger partial charge in [-0.15, -0.1) is 0 Å². The molecular weight excluding hydrogens is 206 g/mol. The second-order valence-corrected chi connectivity index (χ2v) is 4.22. The number of benzene rings is 1. The van der Waals surface area contributed by atoms with Crippen molar-refractivity contribution >= 4 is 16.5 Å². The molecule has 1 N–H and O–H groups in total. The van der Waals surface area contributed by atoms with Gasteiger partial charge in [0.25, 0.3) is 5.69 Å². The van der Waals surface area contributed by atoms with Gasteiger partial charge in [-0.2, -0.15) is 0 Å². The summed E-state index contributed by atoms with van der Waals surface area (Å²) in [4.78, 5) is 9.84.